The fourth-order valence-corrected chi connectivity index (χ4v) is 1.68. The number of esters is 1. The van der Waals surface area contributed by atoms with Gasteiger partial charge >= 0.3 is 5.97 Å². The summed E-state index contributed by atoms with van der Waals surface area (Å²) < 4.78 is 23.2. The number of hydrogen-bond acceptors (Lipinski definition) is 4. The van der Waals surface area contributed by atoms with Gasteiger partial charge in [-0.3, -0.25) is 4.79 Å². The summed E-state index contributed by atoms with van der Waals surface area (Å²) in [6, 6.07) is 6.28. The Bertz CT molecular complexity index is 510. The molecule has 0 saturated carbocycles. The number of ether oxygens (including phenoxy) is 2. The molecule has 19 heavy (non-hydrogen) atoms. The van der Waals surface area contributed by atoms with Gasteiger partial charge in [0.15, 0.2) is 17.0 Å². The molecule has 1 aromatic rings. The summed E-state index contributed by atoms with van der Waals surface area (Å²) in [6.45, 7) is 3.35. The predicted molar refractivity (Wildman–Crippen MR) is 67.0 cm³/mol. The van der Waals surface area contributed by atoms with Crippen molar-refractivity contribution in [2.75, 3.05) is 13.7 Å². The largest absolute Gasteiger partial charge is 0.494 e. The average Bonchev–Trinajstić information content (AvgIpc) is 2.39. The minimum atomic E-state index is -1.32. The van der Waals surface area contributed by atoms with Gasteiger partial charge in [0.05, 0.1) is 19.8 Å². The van der Waals surface area contributed by atoms with Crippen LogP contribution in [0.25, 0.3) is 0 Å². The van der Waals surface area contributed by atoms with Crippen LogP contribution in [0, 0.1) is 22.6 Å². The first-order chi connectivity index (χ1) is 8.96. The molecule has 0 N–H and O–H groups in total. The molecule has 1 rings (SSSR count). The lowest BCUT2D eigenvalue weighted by Crippen LogP contribution is -2.30. The van der Waals surface area contributed by atoms with E-state index < -0.39 is 17.2 Å². The highest BCUT2D eigenvalue weighted by Crippen LogP contribution is 2.26. The van der Waals surface area contributed by atoms with Crippen LogP contribution in [0.2, 0.25) is 0 Å². The molecule has 0 spiro atoms. The topological polar surface area (TPSA) is 59.3 Å². The molecule has 102 valence electrons. The summed E-state index contributed by atoms with van der Waals surface area (Å²) in [4.78, 5) is 11.7. The van der Waals surface area contributed by atoms with Gasteiger partial charge in [0.2, 0.25) is 0 Å². The third-order valence-electron chi connectivity index (χ3n) is 2.75. The van der Waals surface area contributed by atoms with E-state index in [9.17, 15) is 9.18 Å². The molecule has 0 heterocycles. The van der Waals surface area contributed by atoms with E-state index >= 15 is 0 Å². The highest BCUT2D eigenvalue weighted by molar-refractivity contribution is 5.80. The second-order valence-corrected chi connectivity index (χ2v) is 4.31. The highest BCUT2D eigenvalue weighted by Gasteiger charge is 2.35. The first-order valence-electron chi connectivity index (χ1n) is 5.87. The molecule has 0 aliphatic rings. The smallest absolute Gasteiger partial charge is 0.326 e. The van der Waals surface area contributed by atoms with Crippen molar-refractivity contribution in [1.82, 2.24) is 0 Å². The third-order valence-corrected chi connectivity index (χ3v) is 2.75. The quantitative estimate of drug-likeness (QED) is 0.767. The lowest BCUT2D eigenvalue weighted by Gasteiger charge is -2.19. The Kier molecular flexibility index (Phi) is 4.87. The number of benzene rings is 1. The number of carbonyl (C=O) groups excluding carboxylic acids is 1. The van der Waals surface area contributed by atoms with Crippen LogP contribution in [0.4, 0.5) is 4.39 Å². The maximum Gasteiger partial charge on any atom is 0.326 e. The molecular formula is C14H16FNO3. The Hall–Kier alpha value is -2.09. The fraction of sp³-hybridized carbons (Fsp3) is 0.429. The lowest BCUT2D eigenvalue weighted by atomic mass is 9.85. The van der Waals surface area contributed by atoms with Gasteiger partial charge in [0, 0.05) is 6.42 Å². The number of nitrogens with zero attached hydrogens (tertiary/aromatic N) is 1. The molecule has 0 fully saturated rings. The zero-order valence-corrected chi connectivity index (χ0v) is 11.2. The van der Waals surface area contributed by atoms with E-state index in [2.05, 4.69) is 0 Å². The summed E-state index contributed by atoms with van der Waals surface area (Å²) in [5, 5.41) is 9.14. The molecule has 0 aliphatic carbocycles. The highest BCUT2D eigenvalue weighted by atomic mass is 19.1. The SMILES string of the molecule is CCOC(=O)C(C)(C#N)Cc1ccc(OC)c(F)c1. The van der Waals surface area contributed by atoms with E-state index in [-0.39, 0.29) is 18.8 Å². The second kappa shape index (κ2) is 6.19. The van der Waals surface area contributed by atoms with Crippen LogP contribution < -0.4 is 4.74 Å². The lowest BCUT2D eigenvalue weighted by molar-refractivity contribution is -0.151. The van der Waals surface area contributed by atoms with Crippen LogP contribution in [0.1, 0.15) is 19.4 Å². The summed E-state index contributed by atoms with van der Waals surface area (Å²) in [5.74, 6) is -1.00. The summed E-state index contributed by atoms with van der Waals surface area (Å²) in [6.07, 6.45) is 0.0866. The van der Waals surface area contributed by atoms with Crippen molar-refractivity contribution in [1.29, 1.82) is 5.26 Å². The molecule has 0 radical (unpaired) electrons. The van der Waals surface area contributed by atoms with Crippen molar-refractivity contribution < 1.29 is 18.7 Å². The zero-order chi connectivity index (χ0) is 14.5. The molecule has 1 atom stereocenters. The van der Waals surface area contributed by atoms with Crippen LogP contribution in [-0.4, -0.2) is 19.7 Å². The van der Waals surface area contributed by atoms with Crippen molar-refractivity contribution in [3.8, 4) is 11.8 Å². The summed E-state index contributed by atoms with van der Waals surface area (Å²) in [7, 11) is 1.37. The van der Waals surface area contributed by atoms with Crippen LogP contribution in [0.5, 0.6) is 5.75 Å². The van der Waals surface area contributed by atoms with Crippen LogP contribution in [0.3, 0.4) is 0 Å². The maximum atomic E-state index is 13.6. The molecule has 0 saturated heterocycles. The molecule has 4 nitrogen and oxygen atoms in total. The molecule has 0 amide bonds. The normalized spacial score (nSPS) is 13.2. The van der Waals surface area contributed by atoms with Crippen LogP contribution in [-0.2, 0) is 16.0 Å². The Labute approximate surface area is 111 Å². The number of hydrogen-bond donors (Lipinski definition) is 0. The number of rotatable bonds is 5. The number of halogens is 1. The van der Waals surface area contributed by atoms with Crippen LogP contribution in [0.15, 0.2) is 18.2 Å². The molecule has 0 aliphatic heterocycles. The van der Waals surface area contributed by atoms with Gasteiger partial charge in [-0.25, -0.2) is 4.39 Å². The van der Waals surface area contributed by atoms with Crippen LogP contribution >= 0.6 is 0 Å². The van der Waals surface area contributed by atoms with E-state index in [0.29, 0.717) is 5.56 Å². The van der Waals surface area contributed by atoms with E-state index in [1.54, 1.807) is 13.0 Å². The maximum absolute atomic E-state index is 13.6. The standard InChI is InChI=1S/C14H16FNO3/c1-4-19-13(17)14(2,9-16)8-10-5-6-12(18-3)11(15)7-10/h5-7H,4,8H2,1-3H3. The predicted octanol–water partition coefficient (Wildman–Crippen LogP) is 2.47. The number of carbonyl (C=O) groups is 1. The molecule has 0 aromatic heterocycles. The van der Waals surface area contributed by atoms with Gasteiger partial charge in [-0.15, -0.1) is 0 Å². The second-order valence-electron chi connectivity index (χ2n) is 4.31. The summed E-state index contributed by atoms with van der Waals surface area (Å²) >= 11 is 0. The first kappa shape index (κ1) is 15.0. The van der Waals surface area contributed by atoms with E-state index in [0.717, 1.165) is 0 Å². The van der Waals surface area contributed by atoms with Gasteiger partial charge in [-0.05, 0) is 31.5 Å². The minimum Gasteiger partial charge on any atom is -0.494 e. The monoisotopic (exact) mass is 265 g/mol. The average molecular weight is 265 g/mol. The molecule has 5 heteroatoms. The third kappa shape index (κ3) is 3.44. The Balaban J connectivity index is 2.96. The molecule has 1 unspecified atom stereocenters. The van der Waals surface area contributed by atoms with Crippen molar-refractivity contribution in [2.24, 2.45) is 5.41 Å². The van der Waals surface area contributed by atoms with Crippen molar-refractivity contribution in [3.63, 3.8) is 0 Å². The zero-order valence-electron chi connectivity index (χ0n) is 11.2. The fourth-order valence-electron chi connectivity index (χ4n) is 1.68. The Morgan fingerprint density at radius 2 is 2.21 bits per heavy atom. The van der Waals surface area contributed by atoms with Crippen molar-refractivity contribution >= 4 is 5.97 Å². The number of methoxy groups -OCH3 is 1. The Morgan fingerprint density at radius 1 is 1.53 bits per heavy atom. The van der Waals surface area contributed by atoms with Gasteiger partial charge in [0.25, 0.3) is 0 Å². The van der Waals surface area contributed by atoms with Gasteiger partial charge in [0.1, 0.15) is 0 Å². The Morgan fingerprint density at radius 3 is 2.68 bits per heavy atom. The first-order valence-corrected chi connectivity index (χ1v) is 5.87. The van der Waals surface area contributed by atoms with E-state index in [1.165, 1.54) is 26.2 Å². The van der Waals surface area contributed by atoms with Crippen molar-refractivity contribution in [3.05, 3.63) is 29.6 Å². The van der Waals surface area contributed by atoms with Gasteiger partial charge in [-0.1, -0.05) is 6.07 Å². The van der Waals surface area contributed by atoms with Gasteiger partial charge in [-0.2, -0.15) is 5.26 Å². The van der Waals surface area contributed by atoms with Crippen molar-refractivity contribution in [2.45, 2.75) is 20.3 Å². The van der Waals surface area contributed by atoms with E-state index in [4.69, 9.17) is 14.7 Å². The minimum absolute atomic E-state index is 0.0866. The van der Waals surface area contributed by atoms with E-state index in [1.807, 2.05) is 6.07 Å². The van der Waals surface area contributed by atoms with Gasteiger partial charge < -0.3 is 9.47 Å². The summed E-state index contributed by atoms with van der Waals surface area (Å²) in [5.41, 5.74) is -0.785. The molecular weight excluding hydrogens is 249 g/mol. The molecule has 1 aromatic carbocycles. The molecule has 0 bridgehead atoms. The number of nitriles is 1.